The number of urea groups is 1. The van der Waals surface area contributed by atoms with Crippen LogP contribution in [0, 0.1) is 0 Å². The Kier molecular flexibility index (Phi) is 4.94. The predicted octanol–water partition coefficient (Wildman–Crippen LogP) is 1.36. The molecule has 2 aliphatic rings. The van der Waals surface area contributed by atoms with Gasteiger partial charge in [-0.2, -0.15) is 0 Å². The van der Waals surface area contributed by atoms with Gasteiger partial charge in [0, 0.05) is 12.2 Å². The normalized spacial score (nSPS) is 20.0. The van der Waals surface area contributed by atoms with Crippen molar-refractivity contribution in [3.05, 3.63) is 59.7 Å². The molecule has 4 rings (SSSR count). The molecule has 1 saturated heterocycles. The largest absolute Gasteiger partial charge is 0.492 e. The highest BCUT2D eigenvalue weighted by molar-refractivity contribution is 6.10. The van der Waals surface area contributed by atoms with E-state index in [0.29, 0.717) is 37.4 Å². The van der Waals surface area contributed by atoms with Gasteiger partial charge in [-0.15, -0.1) is 0 Å². The van der Waals surface area contributed by atoms with Crippen LogP contribution in [-0.2, 0) is 21.5 Å². The van der Waals surface area contributed by atoms with E-state index < -0.39 is 17.5 Å². The lowest BCUT2D eigenvalue weighted by molar-refractivity contribution is -0.134. The average molecular weight is 394 g/mol. The molecule has 1 aliphatic carbocycles. The number of benzene rings is 2. The van der Waals surface area contributed by atoms with E-state index in [0.717, 1.165) is 16.0 Å². The fraction of sp³-hybridized carbons (Fsp3) is 0.286. The van der Waals surface area contributed by atoms with Gasteiger partial charge in [0.25, 0.3) is 5.91 Å². The number of nitrogens with two attached hydrogens (primary N) is 1. The van der Waals surface area contributed by atoms with Gasteiger partial charge in [0.15, 0.2) is 0 Å². The first-order valence-corrected chi connectivity index (χ1v) is 9.49. The van der Waals surface area contributed by atoms with Crippen LogP contribution in [0.4, 0.5) is 10.5 Å². The molecule has 1 atom stereocenters. The first-order valence-electron chi connectivity index (χ1n) is 9.49. The smallest absolute Gasteiger partial charge is 0.325 e. The van der Waals surface area contributed by atoms with E-state index in [1.165, 1.54) is 0 Å². The molecule has 8 nitrogen and oxygen atoms in total. The Labute approximate surface area is 168 Å². The van der Waals surface area contributed by atoms with Crippen LogP contribution in [0.15, 0.2) is 48.5 Å². The van der Waals surface area contributed by atoms with Crippen molar-refractivity contribution < 1.29 is 19.1 Å². The van der Waals surface area contributed by atoms with Crippen LogP contribution in [-0.4, -0.2) is 42.4 Å². The first-order chi connectivity index (χ1) is 14.0. The van der Waals surface area contributed by atoms with E-state index >= 15 is 0 Å². The van der Waals surface area contributed by atoms with E-state index in [2.05, 4.69) is 10.6 Å². The minimum atomic E-state index is -1.06. The summed E-state index contributed by atoms with van der Waals surface area (Å²) in [6.07, 6.45) is 1.21. The molecule has 150 valence electrons. The topological polar surface area (TPSA) is 114 Å². The fourth-order valence-corrected chi connectivity index (χ4v) is 3.89. The van der Waals surface area contributed by atoms with Crippen molar-refractivity contribution in [2.45, 2.75) is 18.4 Å². The lowest BCUT2D eigenvalue weighted by atomic mass is 9.92. The molecule has 4 N–H and O–H groups in total. The SMILES string of the molecule is NCCOc1ccc(NC(=O)CN2C(=O)NC3(CCc4ccccc43)C2=O)cc1. The highest BCUT2D eigenvalue weighted by atomic mass is 16.5. The quantitative estimate of drug-likeness (QED) is 0.640. The molecule has 29 heavy (non-hydrogen) atoms. The van der Waals surface area contributed by atoms with Crippen molar-refractivity contribution in [2.75, 3.05) is 25.0 Å². The molecule has 1 aliphatic heterocycles. The zero-order valence-electron chi connectivity index (χ0n) is 15.8. The number of carbonyl (C=O) groups is 3. The van der Waals surface area contributed by atoms with Gasteiger partial charge < -0.3 is 21.1 Å². The second-order valence-electron chi connectivity index (χ2n) is 7.09. The van der Waals surface area contributed by atoms with Gasteiger partial charge in [-0.25, -0.2) is 4.79 Å². The van der Waals surface area contributed by atoms with Gasteiger partial charge in [-0.05, 0) is 48.2 Å². The van der Waals surface area contributed by atoms with Crippen LogP contribution in [0.25, 0.3) is 0 Å². The number of aryl methyl sites for hydroxylation is 1. The second kappa shape index (κ2) is 7.56. The van der Waals surface area contributed by atoms with E-state index in [1.807, 2.05) is 24.3 Å². The monoisotopic (exact) mass is 394 g/mol. The number of carbonyl (C=O) groups excluding carboxylic acids is 3. The zero-order valence-corrected chi connectivity index (χ0v) is 15.8. The van der Waals surface area contributed by atoms with Crippen molar-refractivity contribution in [1.29, 1.82) is 0 Å². The number of anilines is 1. The van der Waals surface area contributed by atoms with Crippen molar-refractivity contribution in [3.63, 3.8) is 0 Å². The maximum absolute atomic E-state index is 13.1. The number of nitrogens with one attached hydrogen (secondary N) is 2. The van der Waals surface area contributed by atoms with Crippen molar-refractivity contribution in [2.24, 2.45) is 5.73 Å². The zero-order chi connectivity index (χ0) is 20.4. The lowest BCUT2D eigenvalue weighted by Crippen LogP contribution is -2.42. The Bertz CT molecular complexity index is 959. The average Bonchev–Trinajstić information content (AvgIpc) is 3.21. The van der Waals surface area contributed by atoms with Crippen molar-refractivity contribution in [3.8, 4) is 5.75 Å². The summed E-state index contributed by atoms with van der Waals surface area (Å²) in [6, 6.07) is 13.8. The van der Waals surface area contributed by atoms with Gasteiger partial charge >= 0.3 is 6.03 Å². The standard InChI is InChI=1S/C21H22N4O4/c22-11-12-29-16-7-5-15(6-8-16)23-18(26)13-25-19(27)21(24-20(25)28)10-9-14-3-1-2-4-17(14)21/h1-8H,9-13,22H2,(H,23,26)(H,24,28). The molecule has 1 unspecified atom stereocenters. The summed E-state index contributed by atoms with van der Waals surface area (Å²) in [5, 5.41) is 5.51. The Morgan fingerprint density at radius 3 is 2.69 bits per heavy atom. The molecule has 4 amide bonds. The van der Waals surface area contributed by atoms with Gasteiger partial charge in [-0.1, -0.05) is 24.3 Å². The summed E-state index contributed by atoms with van der Waals surface area (Å²) < 4.78 is 5.39. The molecule has 1 fully saturated rings. The Hall–Kier alpha value is -3.39. The molecule has 0 saturated carbocycles. The van der Waals surface area contributed by atoms with Crippen LogP contribution in [0.5, 0.6) is 5.75 Å². The highest BCUT2D eigenvalue weighted by Crippen LogP contribution is 2.41. The van der Waals surface area contributed by atoms with E-state index in [1.54, 1.807) is 24.3 Å². The molecule has 2 aromatic rings. The summed E-state index contributed by atoms with van der Waals surface area (Å²) in [7, 11) is 0. The third kappa shape index (κ3) is 3.42. The minimum Gasteiger partial charge on any atom is -0.492 e. The third-order valence-corrected chi connectivity index (χ3v) is 5.25. The van der Waals surface area contributed by atoms with E-state index in [4.69, 9.17) is 10.5 Å². The molecule has 0 bridgehead atoms. The summed E-state index contributed by atoms with van der Waals surface area (Å²) in [4.78, 5) is 39.0. The van der Waals surface area contributed by atoms with Gasteiger partial charge in [0.05, 0.1) is 0 Å². The van der Waals surface area contributed by atoms with Crippen LogP contribution in [0.1, 0.15) is 17.5 Å². The third-order valence-electron chi connectivity index (χ3n) is 5.25. The number of nitrogens with zero attached hydrogens (tertiary/aromatic N) is 1. The number of hydrogen-bond donors (Lipinski definition) is 3. The van der Waals surface area contributed by atoms with Crippen molar-refractivity contribution >= 4 is 23.5 Å². The molecular weight excluding hydrogens is 372 g/mol. The van der Waals surface area contributed by atoms with Crippen LogP contribution in [0.2, 0.25) is 0 Å². The minimum absolute atomic E-state index is 0.347. The number of hydrogen-bond acceptors (Lipinski definition) is 5. The molecule has 0 aromatic heterocycles. The lowest BCUT2D eigenvalue weighted by Gasteiger charge is -2.22. The van der Waals surface area contributed by atoms with Gasteiger partial charge in [0.2, 0.25) is 5.91 Å². The Morgan fingerprint density at radius 1 is 1.17 bits per heavy atom. The van der Waals surface area contributed by atoms with Crippen LogP contribution < -0.4 is 21.1 Å². The Balaban J connectivity index is 1.43. The molecular formula is C21H22N4O4. The van der Waals surface area contributed by atoms with E-state index in [9.17, 15) is 14.4 Å². The molecule has 1 spiro atoms. The molecule has 1 heterocycles. The molecule has 8 heteroatoms. The number of amides is 4. The molecule has 2 aromatic carbocycles. The van der Waals surface area contributed by atoms with Crippen molar-refractivity contribution in [1.82, 2.24) is 10.2 Å². The predicted molar refractivity (Wildman–Crippen MR) is 106 cm³/mol. The van der Waals surface area contributed by atoms with Crippen LogP contribution >= 0.6 is 0 Å². The maximum atomic E-state index is 13.1. The Morgan fingerprint density at radius 2 is 1.93 bits per heavy atom. The van der Waals surface area contributed by atoms with Gasteiger partial charge in [-0.3, -0.25) is 14.5 Å². The van der Waals surface area contributed by atoms with Crippen LogP contribution in [0.3, 0.4) is 0 Å². The summed E-state index contributed by atoms with van der Waals surface area (Å²) in [5.74, 6) is -0.190. The second-order valence-corrected chi connectivity index (χ2v) is 7.09. The first kappa shape index (κ1) is 18.9. The molecule has 0 radical (unpaired) electrons. The highest BCUT2D eigenvalue weighted by Gasteiger charge is 2.55. The summed E-state index contributed by atoms with van der Waals surface area (Å²) in [6.45, 7) is 0.471. The fourth-order valence-electron chi connectivity index (χ4n) is 3.89. The number of fused-ring (bicyclic) bond motifs is 2. The summed E-state index contributed by atoms with van der Waals surface area (Å²) in [5.41, 5.74) is 6.74. The van der Waals surface area contributed by atoms with E-state index in [-0.39, 0.29) is 12.5 Å². The summed E-state index contributed by atoms with van der Waals surface area (Å²) >= 11 is 0. The number of ether oxygens (including phenoxy) is 1. The van der Waals surface area contributed by atoms with Gasteiger partial charge in [0.1, 0.15) is 24.4 Å². The number of rotatable bonds is 6. The maximum Gasteiger partial charge on any atom is 0.325 e. The number of imide groups is 1.